The van der Waals surface area contributed by atoms with Crippen LogP contribution in [0.5, 0.6) is 46.0 Å². The summed E-state index contributed by atoms with van der Waals surface area (Å²) in [6.07, 6.45) is 0.370. The zero-order valence-electron chi connectivity index (χ0n) is 28.1. The maximum Gasteiger partial charge on any atom is 0.224 e. The Kier molecular flexibility index (Phi) is 8.82. The third-order valence-corrected chi connectivity index (χ3v) is 8.53. The summed E-state index contributed by atoms with van der Waals surface area (Å²) in [7, 11) is 12.6. The van der Waals surface area contributed by atoms with Crippen molar-refractivity contribution in [2.75, 3.05) is 56.9 Å². The molecule has 0 N–H and O–H groups in total. The van der Waals surface area contributed by atoms with Crippen LogP contribution in [0.25, 0.3) is 44.2 Å². The Morgan fingerprint density at radius 1 is 0.542 bits per heavy atom. The first-order chi connectivity index (χ1) is 23.3. The van der Waals surface area contributed by atoms with Crippen LogP contribution in [0.3, 0.4) is 0 Å². The molecule has 1 aliphatic carbocycles. The minimum atomic E-state index is -0.295. The first-order valence-corrected chi connectivity index (χ1v) is 15.0. The van der Waals surface area contributed by atoms with Crippen LogP contribution in [0, 0.1) is 0 Å². The highest BCUT2D eigenvalue weighted by Crippen LogP contribution is 2.52. The fourth-order valence-corrected chi connectivity index (χ4v) is 6.29. The van der Waals surface area contributed by atoms with Gasteiger partial charge in [0, 0.05) is 40.5 Å². The lowest BCUT2D eigenvalue weighted by Gasteiger charge is -2.23. The summed E-state index contributed by atoms with van der Waals surface area (Å²) in [5.41, 5.74) is 4.23. The lowest BCUT2D eigenvalue weighted by atomic mass is 9.86. The van der Waals surface area contributed by atoms with Crippen molar-refractivity contribution in [3.05, 3.63) is 82.0 Å². The Morgan fingerprint density at radius 2 is 1.23 bits per heavy atom. The van der Waals surface area contributed by atoms with Gasteiger partial charge in [0.15, 0.2) is 28.7 Å². The van der Waals surface area contributed by atoms with Crippen LogP contribution in [0.15, 0.2) is 69.9 Å². The fraction of sp³-hybridized carbons (Fsp3) is 0.237. The minimum absolute atomic E-state index is 0.206. The van der Waals surface area contributed by atoms with Gasteiger partial charge in [-0.15, -0.1) is 0 Å². The highest BCUT2D eigenvalue weighted by atomic mass is 16.5. The number of methoxy groups -OCH3 is 8. The number of hydrogen-bond donors (Lipinski definition) is 0. The summed E-state index contributed by atoms with van der Waals surface area (Å²) in [6, 6.07) is 18.4. The van der Waals surface area contributed by atoms with Crippen molar-refractivity contribution in [1.29, 1.82) is 0 Å². The number of rotatable bonds is 11. The van der Waals surface area contributed by atoms with Crippen molar-refractivity contribution in [3.8, 4) is 68.4 Å². The summed E-state index contributed by atoms with van der Waals surface area (Å²) in [6.45, 7) is 0. The van der Waals surface area contributed by atoms with E-state index in [1.54, 1.807) is 55.8 Å². The molecule has 4 aromatic carbocycles. The largest absolute Gasteiger partial charge is 0.497 e. The van der Waals surface area contributed by atoms with Gasteiger partial charge >= 0.3 is 0 Å². The lowest BCUT2D eigenvalue weighted by Crippen LogP contribution is -2.06. The van der Waals surface area contributed by atoms with Crippen molar-refractivity contribution in [1.82, 2.24) is 0 Å². The Labute approximate surface area is 277 Å². The van der Waals surface area contributed by atoms with Crippen LogP contribution in [0.1, 0.15) is 11.1 Å². The average molecular weight is 653 g/mol. The molecular weight excluding hydrogens is 616 g/mol. The molecule has 0 aromatic heterocycles. The SMILES string of the molecule is COc1ccc(Cc2c(-c3ccc(OC)c(OC)c3)c3cc(OC)c(OC)c(OC)c3c3cc4cc(OC)c(=O)cc-4oc23)c(OC)c1. The predicted octanol–water partition coefficient (Wildman–Crippen LogP) is 7.38. The van der Waals surface area contributed by atoms with Crippen LogP contribution >= 0.6 is 0 Å². The zero-order chi connectivity index (χ0) is 34.1. The molecule has 0 fully saturated rings. The molecule has 0 bridgehead atoms. The van der Waals surface area contributed by atoms with Gasteiger partial charge in [-0.1, -0.05) is 12.1 Å². The van der Waals surface area contributed by atoms with Gasteiger partial charge in [-0.2, -0.15) is 0 Å². The molecule has 1 aliphatic heterocycles. The molecule has 10 heteroatoms. The minimum Gasteiger partial charge on any atom is -0.497 e. The van der Waals surface area contributed by atoms with Gasteiger partial charge in [0.2, 0.25) is 11.2 Å². The van der Waals surface area contributed by atoms with Crippen molar-refractivity contribution in [2.45, 2.75) is 6.42 Å². The van der Waals surface area contributed by atoms with E-state index < -0.39 is 0 Å². The monoisotopic (exact) mass is 652 g/mol. The highest BCUT2D eigenvalue weighted by Gasteiger charge is 2.28. The molecule has 248 valence electrons. The summed E-state index contributed by atoms with van der Waals surface area (Å²) in [5.74, 6) is 4.37. The molecule has 0 spiro atoms. The molecule has 0 saturated heterocycles. The molecule has 4 aromatic rings. The summed E-state index contributed by atoms with van der Waals surface area (Å²) in [4.78, 5) is 12.9. The van der Waals surface area contributed by atoms with E-state index in [1.165, 1.54) is 13.2 Å². The molecular formula is C38H36O10. The average Bonchev–Trinajstić information content (AvgIpc) is 3.12. The second kappa shape index (κ2) is 13.2. The third-order valence-electron chi connectivity index (χ3n) is 8.53. The molecule has 2 aliphatic rings. The first kappa shape index (κ1) is 32.2. The van der Waals surface area contributed by atoms with Crippen molar-refractivity contribution >= 4 is 21.7 Å². The van der Waals surface area contributed by atoms with Gasteiger partial charge in [-0.05, 0) is 58.5 Å². The van der Waals surface area contributed by atoms with E-state index in [-0.39, 0.29) is 11.2 Å². The van der Waals surface area contributed by atoms with Crippen molar-refractivity contribution in [3.63, 3.8) is 0 Å². The lowest BCUT2D eigenvalue weighted by molar-refractivity contribution is 0.327. The quantitative estimate of drug-likeness (QED) is 0.104. The standard InChI is InChI=1S/C38H36O10/c1-40-23-11-9-20(29(17-23)42-3)13-25-34(21-10-12-28(41-2)32(15-21)44-5)24-18-33(45-6)37(46-7)38(47-8)35(24)26-14-22-16-31(43-4)27(39)19-30(22)48-36(25)26/h9-12,14-19H,13H2,1-8H3. The Hall–Kier alpha value is -5.77. The van der Waals surface area contributed by atoms with Crippen molar-refractivity contribution in [2.24, 2.45) is 0 Å². The molecule has 0 amide bonds. The van der Waals surface area contributed by atoms with Crippen molar-refractivity contribution < 1.29 is 42.3 Å². The van der Waals surface area contributed by atoms with Gasteiger partial charge in [0.1, 0.15) is 22.8 Å². The molecule has 48 heavy (non-hydrogen) atoms. The normalized spacial score (nSPS) is 11.1. The van der Waals surface area contributed by atoms with E-state index in [2.05, 4.69) is 0 Å². The Morgan fingerprint density at radius 3 is 1.88 bits per heavy atom. The molecule has 10 nitrogen and oxygen atoms in total. The van der Waals surface area contributed by atoms with E-state index in [4.69, 9.17) is 42.3 Å². The maximum atomic E-state index is 12.9. The highest BCUT2D eigenvalue weighted by molar-refractivity contribution is 6.19. The van der Waals surface area contributed by atoms with E-state index in [9.17, 15) is 4.79 Å². The maximum absolute atomic E-state index is 12.9. The number of ether oxygens (including phenoxy) is 8. The fourth-order valence-electron chi connectivity index (χ4n) is 6.29. The third kappa shape index (κ3) is 5.29. The number of benzene rings is 5. The smallest absolute Gasteiger partial charge is 0.224 e. The second-order valence-corrected chi connectivity index (χ2v) is 10.9. The van der Waals surface area contributed by atoms with E-state index in [0.29, 0.717) is 63.6 Å². The van der Waals surface area contributed by atoms with Crippen LogP contribution in [0.2, 0.25) is 0 Å². The van der Waals surface area contributed by atoms with Crippen LogP contribution in [0.4, 0.5) is 0 Å². The molecule has 0 radical (unpaired) electrons. The van der Waals surface area contributed by atoms with Gasteiger partial charge in [-0.25, -0.2) is 0 Å². The molecule has 0 saturated carbocycles. The summed E-state index contributed by atoms with van der Waals surface area (Å²) in [5, 5.41) is 2.24. The van der Waals surface area contributed by atoms with E-state index in [0.717, 1.165) is 38.4 Å². The van der Waals surface area contributed by atoms with Crippen LogP contribution < -0.4 is 43.3 Å². The number of hydrogen-bond acceptors (Lipinski definition) is 10. The summed E-state index contributed by atoms with van der Waals surface area (Å²) >= 11 is 0. The molecule has 1 heterocycles. The zero-order valence-corrected chi connectivity index (χ0v) is 28.1. The molecule has 6 rings (SSSR count). The Bertz CT molecular complexity index is 2180. The van der Waals surface area contributed by atoms with E-state index >= 15 is 0 Å². The van der Waals surface area contributed by atoms with Gasteiger partial charge in [-0.3, -0.25) is 4.79 Å². The van der Waals surface area contributed by atoms with Gasteiger partial charge < -0.3 is 42.3 Å². The van der Waals surface area contributed by atoms with Gasteiger partial charge in [0.05, 0.1) is 56.9 Å². The van der Waals surface area contributed by atoms with E-state index in [1.807, 2.05) is 48.5 Å². The topological polar surface area (TPSA) is 104 Å². The van der Waals surface area contributed by atoms with Crippen LogP contribution in [-0.2, 0) is 6.42 Å². The Balaban J connectivity index is 1.87. The second-order valence-electron chi connectivity index (χ2n) is 10.9. The van der Waals surface area contributed by atoms with Crippen LogP contribution in [-0.4, -0.2) is 56.9 Å². The first-order valence-electron chi connectivity index (χ1n) is 15.0. The predicted molar refractivity (Wildman–Crippen MR) is 184 cm³/mol. The molecule has 0 unspecified atom stereocenters. The van der Waals surface area contributed by atoms with Gasteiger partial charge in [0.25, 0.3) is 0 Å². The molecule has 0 atom stereocenters. The number of fused-ring (bicyclic) bond motifs is 4. The summed E-state index contributed by atoms with van der Waals surface area (Å²) < 4.78 is 52.5.